The summed E-state index contributed by atoms with van der Waals surface area (Å²) in [5.74, 6) is 4.33. The van der Waals surface area contributed by atoms with Gasteiger partial charge in [0.25, 0.3) is 5.91 Å². The molecule has 1 amide bonds. The topological polar surface area (TPSA) is 88.0 Å². The quantitative estimate of drug-likeness (QED) is 0.721. The maximum Gasteiger partial charge on any atom is 0.255 e. The van der Waals surface area contributed by atoms with Gasteiger partial charge in [0.05, 0.1) is 17.8 Å². The lowest BCUT2D eigenvalue weighted by Gasteiger charge is -2.07. The minimum Gasteiger partial charge on any atom is -0.329 e. The minimum atomic E-state index is -0.483. The van der Waals surface area contributed by atoms with Gasteiger partial charge in [-0.1, -0.05) is 11.8 Å². The van der Waals surface area contributed by atoms with E-state index in [0.29, 0.717) is 11.3 Å². The number of nitrogens with two attached hydrogens (primary N) is 1. The first kappa shape index (κ1) is 14.5. The van der Waals surface area contributed by atoms with Gasteiger partial charge in [-0.05, 0) is 24.3 Å². The summed E-state index contributed by atoms with van der Waals surface area (Å²) in [6.45, 7) is 0.123. The second kappa shape index (κ2) is 6.50. The first-order valence-corrected chi connectivity index (χ1v) is 6.09. The lowest BCUT2D eigenvalue weighted by atomic mass is 10.1. The third-order valence-electron chi connectivity index (χ3n) is 2.59. The molecule has 0 aliphatic heterocycles. The lowest BCUT2D eigenvalue weighted by molar-refractivity contribution is 0.102. The van der Waals surface area contributed by atoms with E-state index < -0.39 is 11.7 Å². The number of halogens is 1. The number of aromatic amines is 1. The van der Waals surface area contributed by atoms with Gasteiger partial charge < -0.3 is 16.0 Å². The second-order valence-corrected chi connectivity index (χ2v) is 4.09. The van der Waals surface area contributed by atoms with Crippen molar-refractivity contribution in [3.05, 3.63) is 63.8 Å². The lowest BCUT2D eigenvalue weighted by Crippen LogP contribution is -2.16. The molecule has 0 saturated heterocycles. The van der Waals surface area contributed by atoms with Crippen LogP contribution in [0.15, 0.2) is 41.3 Å². The smallest absolute Gasteiger partial charge is 0.255 e. The highest BCUT2D eigenvalue weighted by Crippen LogP contribution is 2.17. The number of carbonyl (C=O) groups excluding carboxylic acids is 1. The number of carbonyl (C=O) groups is 1. The molecule has 0 aliphatic rings. The number of aromatic nitrogens is 1. The van der Waals surface area contributed by atoms with E-state index in [2.05, 4.69) is 22.1 Å². The van der Waals surface area contributed by atoms with Gasteiger partial charge in [-0.3, -0.25) is 9.59 Å². The number of benzene rings is 1. The van der Waals surface area contributed by atoms with Crippen molar-refractivity contribution in [2.45, 2.75) is 0 Å². The van der Waals surface area contributed by atoms with Crippen molar-refractivity contribution in [1.82, 2.24) is 4.98 Å². The SMILES string of the molecule is NCC#Cc1cc(F)ccc1NC(=O)c1cc[nH]c(=O)c1. The second-order valence-electron chi connectivity index (χ2n) is 4.09. The van der Waals surface area contributed by atoms with E-state index in [1.54, 1.807) is 0 Å². The Morgan fingerprint density at radius 1 is 1.33 bits per heavy atom. The molecule has 106 valence electrons. The van der Waals surface area contributed by atoms with Crippen LogP contribution < -0.4 is 16.6 Å². The fraction of sp³-hybridized carbons (Fsp3) is 0.0667. The van der Waals surface area contributed by atoms with Crippen LogP contribution in [0, 0.1) is 17.7 Å². The van der Waals surface area contributed by atoms with E-state index in [1.165, 1.54) is 36.5 Å². The molecule has 5 nitrogen and oxygen atoms in total. The minimum absolute atomic E-state index is 0.123. The highest BCUT2D eigenvalue weighted by molar-refractivity contribution is 6.04. The van der Waals surface area contributed by atoms with Crippen LogP contribution in [0.1, 0.15) is 15.9 Å². The summed E-state index contributed by atoms with van der Waals surface area (Å²) in [4.78, 5) is 25.6. The van der Waals surface area contributed by atoms with Gasteiger partial charge in [-0.25, -0.2) is 4.39 Å². The molecule has 0 spiro atoms. The molecule has 1 aromatic heterocycles. The molecule has 6 heteroatoms. The molecule has 1 aromatic carbocycles. The van der Waals surface area contributed by atoms with Crippen LogP contribution in [0.3, 0.4) is 0 Å². The summed E-state index contributed by atoms with van der Waals surface area (Å²) >= 11 is 0. The number of amides is 1. The van der Waals surface area contributed by atoms with Crippen molar-refractivity contribution in [2.75, 3.05) is 11.9 Å². The summed E-state index contributed by atoms with van der Waals surface area (Å²) in [7, 11) is 0. The van der Waals surface area contributed by atoms with Crippen molar-refractivity contribution >= 4 is 11.6 Å². The van der Waals surface area contributed by atoms with Crippen LogP contribution in [-0.4, -0.2) is 17.4 Å². The van der Waals surface area contributed by atoms with Crippen molar-refractivity contribution in [2.24, 2.45) is 5.73 Å². The molecular weight excluding hydrogens is 273 g/mol. The molecule has 1 heterocycles. The first-order chi connectivity index (χ1) is 10.1. The van der Waals surface area contributed by atoms with E-state index in [1.807, 2.05) is 0 Å². The van der Waals surface area contributed by atoms with Gasteiger partial charge in [-0.15, -0.1) is 0 Å². The summed E-state index contributed by atoms with van der Waals surface area (Å²) in [5.41, 5.74) is 5.76. The number of anilines is 1. The Labute approximate surface area is 120 Å². The van der Waals surface area contributed by atoms with Crippen molar-refractivity contribution in [1.29, 1.82) is 0 Å². The predicted octanol–water partition coefficient (Wildman–Crippen LogP) is 1.08. The van der Waals surface area contributed by atoms with E-state index in [0.717, 1.165) is 0 Å². The zero-order valence-electron chi connectivity index (χ0n) is 10.9. The number of rotatable bonds is 2. The van der Waals surface area contributed by atoms with Crippen LogP contribution in [0.25, 0.3) is 0 Å². The van der Waals surface area contributed by atoms with Gasteiger partial charge in [0.1, 0.15) is 5.82 Å². The van der Waals surface area contributed by atoms with Gasteiger partial charge >= 0.3 is 0 Å². The Kier molecular flexibility index (Phi) is 4.49. The van der Waals surface area contributed by atoms with Crippen LogP contribution >= 0.6 is 0 Å². The molecule has 2 aromatic rings. The van der Waals surface area contributed by atoms with Crippen LogP contribution in [-0.2, 0) is 0 Å². The number of nitrogens with one attached hydrogen (secondary N) is 2. The molecule has 0 fully saturated rings. The fourth-order valence-corrected chi connectivity index (χ4v) is 1.66. The largest absolute Gasteiger partial charge is 0.329 e. The predicted molar refractivity (Wildman–Crippen MR) is 77.3 cm³/mol. The Balaban J connectivity index is 2.31. The van der Waals surface area contributed by atoms with Gasteiger partial charge in [-0.2, -0.15) is 0 Å². The molecular formula is C15H12FN3O2. The van der Waals surface area contributed by atoms with E-state index >= 15 is 0 Å². The number of pyridine rings is 1. The molecule has 0 bridgehead atoms. The molecule has 4 N–H and O–H groups in total. The first-order valence-electron chi connectivity index (χ1n) is 6.09. The average molecular weight is 285 g/mol. The molecule has 0 atom stereocenters. The third kappa shape index (κ3) is 3.78. The highest BCUT2D eigenvalue weighted by Gasteiger charge is 2.09. The molecule has 0 radical (unpaired) electrons. The summed E-state index contributed by atoms with van der Waals surface area (Å²) < 4.78 is 13.2. The third-order valence-corrected chi connectivity index (χ3v) is 2.59. The Hall–Kier alpha value is -2.91. The summed E-state index contributed by atoms with van der Waals surface area (Å²) in [5, 5.41) is 2.59. The highest BCUT2D eigenvalue weighted by atomic mass is 19.1. The maximum absolute atomic E-state index is 13.2. The van der Waals surface area contributed by atoms with Crippen LogP contribution in [0.2, 0.25) is 0 Å². The number of hydrogen-bond donors (Lipinski definition) is 3. The van der Waals surface area contributed by atoms with E-state index in [-0.39, 0.29) is 17.7 Å². The number of H-pyrrole nitrogens is 1. The Morgan fingerprint density at radius 3 is 2.86 bits per heavy atom. The monoisotopic (exact) mass is 285 g/mol. The molecule has 0 unspecified atom stereocenters. The summed E-state index contributed by atoms with van der Waals surface area (Å²) in [6, 6.07) is 6.45. The van der Waals surface area contributed by atoms with Gasteiger partial charge in [0.2, 0.25) is 5.56 Å². The molecule has 0 aliphatic carbocycles. The zero-order chi connectivity index (χ0) is 15.2. The van der Waals surface area contributed by atoms with Crippen molar-refractivity contribution in [3.63, 3.8) is 0 Å². The standard InChI is InChI=1S/C15H12FN3O2/c16-12-3-4-13(10(8-12)2-1-6-17)19-15(21)11-5-7-18-14(20)9-11/h3-5,7-9H,6,17H2,(H,18,20)(H,19,21). The van der Waals surface area contributed by atoms with E-state index in [4.69, 9.17) is 5.73 Å². The normalized spacial score (nSPS) is 9.62. The fourth-order valence-electron chi connectivity index (χ4n) is 1.66. The van der Waals surface area contributed by atoms with Crippen LogP contribution in [0.4, 0.5) is 10.1 Å². The maximum atomic E-state index is 13.2. The van der Waals surface area contributed by atoms with Gasteiger partial charge in [0, 0.05) is 17.8 Å². The van der Waals surface area contributed by atoms with Gasteiger partial charge in [0.15, 0.2) is 0 Å². The van der Waals surface area contributed by atoms with Crippen LogP contribution in [0.5, 0.6) is 0 Å². The van der Waals surface area contributed by atoms with E-state index in [9.17, 15) is 14.0 Å². The number of hydrogen-bond acceptors (Lipinski definition) is 3. The van der Waals surface area contributed by atoms with Crippen molar-refractivity contribution in [3.8, 4) is 11.8 Å². The zero-order valence-corrected chi connectivity index (χ0v) is 10.9. The average Bonchev–Trinajstić information content (AvgIpc) is 2.47. The summed E-state index contributed by atoms with van der Waals surface area (Å²) in [6.07, 6.45) is 1.37. The van der Waals surface area contributed by atoms with Crippen molar-refractivity contribution < 1.29 is 9.18 Å². The Morgan fingerprint density at radius 2 is 2.14 bits per heavy atom. The molecule has 0 saturated carbocycles. The molecule has 21 heavy (non-hydrogen) atoms. The molecule has 2 rings (SSSR count). The Bertz CT molecular complexity index is 787.